The van der Waals surface area contributed by atoms with Crippen LogP contribution in [-0.2, 0) is 16.0 Å². The molecule has 23 heavy (non-hydrogen) atoms. The first-order chi connectivity index (χ1) is 11.1. The number of urea groups is 1. The number of carbonyl (C=O) groups excluding carboxylic acids is 3. The Balaban J connectivity index is 1.58. The molecular formula is C16H20N3O3S+. The van der Waals surface area contributed by atoms with Gasteiger partial charge in [0.25, 0.3) is 0 Å². The summed E-state index contributed by atoms with van der Waals surface area (Å²) in [5, 5.41) is 2.14. The van der Waals surface area contributed by atoms with Crippen molar-refractivity contribution in [3.8, 4) is 0 Å². The number of likely N-dealkylation sites (N-methyl/N-ethyl adjacent to an activating group) is 1. The molecule has 0 aromatic carbocycles. The summed E-state index contributed by atoms with van der Waals surface area (Å²) in [6.07, 6.45) is 3.41. The Morgan fingerprint density at radius 2 is 1.96 bits per heavy atom. The fourth-order valence-electron chi connectivity index (χ4n) is 3.85. The fourth-order valence-corrected chi connectivity index (χ4v) is 4.78. The molecule has 2 atom stereocenters. The molecule has 4 rings (SSSR count). The van der Waals surface area contributed by atoms with Gasteiger partial charge in [0, 0.05) is 29.3 Å². The van der Waals surface area contributed by atoms with Gasteiger partial charge in [-0.1, -0.05) is 0 Å². The molecule has 1 saturated heterocycles. The van der Waals surface area contributed by atoms with Crippen LogP contribution >= 0.6 is 11.3 Å². The number of rotatable bonds is 4. The summed E-state index contributed by atoms with van der Waals surface area (Å²) < 4.78 is 0. The maximum atomic E-state index is 12.3. The van der Waals surface area contributed by atoms with E-state index in [1.165, 1.54) is 28.2 Å². The normalized spacial score (nSPS) is 27.8. The van der Waals surface area contributed by atoms with Gasteiger partial charge in [-0.15, -0.1) is 11.3 Å². The van der Waals surface area contributed by atoms with Crippen LogP contribution in [-0.4, -0.2) is 47.4 Å². The van der Waals surface area contributed by atoms with E-state index in [1.54, 1.807) is 18.3 Å². The Hall–Kier alpha value is -1.73. The zero-order chi connectivity index (χ0) is 16.1. The van der Waals surface area contributed by atoms with Crippen LogP contribution in [0.2, 0.25) is 0 Å². The van der Waals surface area contributed by atoms with Crippen LogP contribution in [0.5, 0.6) is 0 Å². The van der Waals surface area contributed by atoms with Crippen molar-refractivity contribution in [2.24, 2.45) is 5.92 Å². The van der Waals surface area contributed by atoms with Gasteiger partial charge in [-0.2, -0.15) is 0 Å². The molecule has 6 nitrogen and oxygen atoms in total. The minimum Gasteiger partial charge on any atom is -0.311 e. The molecule has 0 bridgehead atoms. The summed E-state index contributed by atoms with van der Waals surface area (Å²) in [6, 6.07) is 2.09. The number of nitrogens with zero attached hydrogens (tertiary/aromatic N) is 2. The second-order valence-electron chi connectivity index (χ2n) is 6.50. The van der Waals surface area contributed by atoms with Crippen LogP contribution in [0.1, 0.15) is 36.2 Å². The first kappa shape index (κ1) is 14.8. The predicted octanol–water partition coefficient (Wildman–Crippen LogP) is 0.408. The average Bonchev–Trinajstić information content (AvgIpc) is 3.23. The molecule has 0 radical (unpaired) electrons. The summed E-state index contributed by atoms with van der Waals surface area (Å²) in [7, 11) is 0. The van der Waals surface area contributed by atoms with Crippen molar-refractivity contribution in [3.63, 3.8) is 0 Å². The molecule has 1 aromatic rings. The monoisotopic (exact) mass is 334 g/mol. The van der Waals surface area contributed by atoms with E-state index in [0.29, 0.717) is 18.6 Å². The van der Waals surface area contributed by atoms with Crippen molar-refractivity contribution < 1.29 is 19.3 Å². The van der Waals surface area contributed by atoms with Gasteiger partial charge in [0.15, 0.2) is 6.67 Å². The van der Waals surface area contributed by atoms with Crippen molar-refractivity contribution in [1.29, 1.82) is 0 Å². The summed E-state index contributed by atoms with van der Waals surface area (Å²) in [4.78, 5) is 41.2. The number of amides is 4. The smallest absolute Gasteiger partial charge is 0.311 e. The van der Waals surface area contributed by atoms with Crippen molar-refractivity contribution in [1.82, 2.24) is 9.80 Å². The molecule has 1 aromatic heterocycles. The van der Waals surface area contributed by atoms with Crippen molar-refractivity contribution in [2.75, 3.05) is 19.8 Å². The van der Waals surface area contributed by atoms with Gasteiger partial charge >= 0.3 is 17.8 Å². The molecule has 0 spiro atoms. The maximum Gasteiger partial charge on any atom is 0.338 e. The summed E-state index contributed by atoms with van der Waals surface area (Å²) >= 11 is 1.80. The number of thiophene rings is 1. The summed E-state index contributed by atoms with van der Waals surface area (Å²) in [5.41, 5.74) is 1.39. The van der Waals surface area contributed by atoms with Gasteiger partial charge in [-0.05, 0) is 31.2 Å². The minimum absolute atomic E-state index is 0.246. The highest BCUT2D eigenvalue weighted by Gasteiger charge is 2.49. The van der Waals surface area contributed by atoms with Gasteiger partial charge in [-0.25, -0.2) is 9.69 Å². The SMILES string of the molecule is CCN1C(=O)C(=O)N(C[NH+]2CCc3sccc3[C@H]2C2CC2)C1=O. The zero-order valence-corrected chi connectivity index (χ0v) is 13.9. The summed E-state index contributed by atoms with van der Waals surface area (Å²) in [6.45, 7) is 3.17. The quantitative estimate of drug-likeness (QED) is 0.641. The molecular weight excluding hydrogens is 314 g/mol. The van der Waals surface area contributed by atoms with Crippen molar-refractivity contribution >= 4 is 29.2 Å². The second kappa shape index (κ2) is 5.42. The Morgan fingerprint density at radius 3 is 2.61 bits per heavy atom. The van der Waals surface area contributed by atoms with E-state index in [9.17, 15) is 14.4 Å². The number of fused-ring (bicyclic) bond motifs is 1. The van der Waals surface area contributed by atoms with Crippen LogP contribution in [0.3, 0.4) is 0 Å². The number of imide groups is 2. The lowest BCUT2D eigenvalue weighted by molar-refractivity contribution is -0.943. The molecule has 122 valence electrons. The number of hydrogen-bond acceptors (Lipinski definition) is 4. The molecule has 2 aliphatic heterocycles. The standard InChI is InChI=1S/C16H19N3O3S/c1-2-18-14(20)15(21)19(16(18)22)9-17-7-5-12-11(6-8-23-12)13(17)10-3-4-10/h6,8,10,13H,2-5,7,9H2,1H3/p+1/t13-/m1/s1. The van der Waals surface area contributed by atoms with E-state index < -0.39 is 17.8 Å². The molecule has 1 saturated carbocycles. The van der Waals surface area contributed by atoms with Gasteiger partial charge in [0.2, 0.25) is 0 Å². The third-order valence-electron chi connectivity index (χ3n) is 5.13. The first-order valence-electron chi connectivity index (χ1n) is 8.20. The summed E-state index contributed by atoms with van der Waals surface area (Å²) in [5.74, 6) is -0.715. The molecule has 1 N–H and O–H groups in total. The zero-order valence-electron chi connectivity index (χ0n) is 13.1. The number of nitrogens with one attached hydrogen (secondary N) is 1. The molecule has 3 aliphatic rings. The number of quaternary nitrogens is 1. The van der Waals surface area contributed by atoms with Crippen LogP contribution in [0.15, 0.2) is 11.4 Å². The van der Waals surface area contributed by atoms with Gasteiger partial charge in [0.1, 0.15) is 6.04 Å². The van der Waals surface area contributed by atoms with Crippen molar-refractivity contribution in [2.45, 2.75) is 32.2 Å². The Bertz CT molecular complexity index is 682. The van der Waals surface area contributed by atoms with Gasteiger partial charge in [0.05, 0.1) is 6.54 Å². The predicted molar refractivity (Wildman–Crippen MR) is 83.8 cm³/mol. The topological polar surface area (TPSA) is 62.1 Å². The van der Waals surface area contributed by atoms with E-state index in [2.05, 4.69) is 11.4 Å². The minimum atomic E-state index is -0.687. The lowest BCUT2D eigenvalue weighted by Gasteiger charge is -2.34. The molecule has 3 heterocycles. The molecule has 1 aliphatic carbocycles. The van der Waals surface area contributed by atoms with Crippen molar-refractivity contribution in [3.05, 3.63) is 21.9 Å². The second-order valence-corrected chi connectivity index (χ2v) is 7.50. The number of carbonyl (C=O) groups is 3. The van der Waals surface area contributed by atoms with Gasteiger partial charge in [-0.3, -0.25) is 14.5 Å². The average molecular weight is 334 g/mol. The Labute approximate surface area is 138 Å². The highest BCUT2D eigenvalue weighted by atomic mass is 32.1. The van der Waals surface area contributed by atoms with E-state index in [1.807, 2.05) is 0 Å². The largest absolute Gasteiger partial charge is 0.338 e. The third-order valence-corrected chi connectivity index (χ3v) is 6.13. The third kappa shape index (κ3) is 2.30. The maximum absolute atomic E-state index is 12.3. The fraction of sp³-hybridized carbons (Fsp3) is 0.562. The lowest BCUT2D eigenvalue weighted by atomic mass is 9.96. The van der Waals surface area contributed by atoms with E-state index in [-0.39, 0.29) is 6.54 Å². The van der Waals surface area contributed by atoms with Crippen LogP contribution < -0.4 is 4.90 Å². The molecule has 4 amide bonds. The first-order valence-corrected chi connectivity index (χ1v) is 9.08. The van der Waals surface area contributed by atoms with Gasteiger partial charge < -0.3 is 4.90 Å². The molecule has 1 unspecified atom stereocenters. The van der Waals surface area contributed by atoms with Crippen LogP contribution in [0, 0.1) is 5.92 Å². The highest BCUT2D eigenvalue weighted by molar-refractivity contribution is 7.10. The lowest BCUT2D eigenvalue weighted by Crippen LogP contribution is -3.15. The van der Waals surface area contributed by atoms with Crippen LogP contribution in [0.4, 0.5) is 4.79 Å². The highest BCUT2D eigenvalue weighted by Crippen LogP contribution is 2.42. The van der Waals surface area contributed by atoms with E-state index in [0.717, 1.165) is 22.8 Å². The molecule has 7 heteroatoms. The Kier molecular flexibility index (Phi) is 3.50. The number of hydrogen-bond donors (Lipinski definition) is 1. The Morgan fingerprint density at radius 1 is 1.22 bits per heavy atom. The molecule has 2 fully saturated rings. The van der Waals surface area contributed by atoms with Crippen LogP contribution in [0.25, 0.3) is 0 Å². The van der Waals surface area contributed by atoms with E-state index >= 15 is 0 Å². The van der Waals surface area contributed by atoms with E-state index in [4.69, 9.17) is 0 Å².